The van der Waals surface area contributed by atoms with Crippen LogP contribution in [0.1, 0.15) is 43.4 Å². The maximum atomic E-state index is 15.1. The second kappa shape index (κ2) is 6.49. The maximum absolute atomic E-state index is 15.1. The molecule has 2 atom stereocenters. The molecule has 3 aromatic heterocycles. The van der Waals surface area contributed by atoms with Crippen LogP contribution < -0.4 is 5.69 Å². The lowest BCUT2D eigenvalue weighted by molar-refractivity contribution is 0.0680. The Morgan fingerprint density at radius 1 is 1.28 bits per heavy atom. The van der Waals surface area contributed by atoms with Crippen LogP contribution in [-0.4, -0.2) is 49.1 Å². The lowest BCUT2D eigenvalue weighted by atomic mass is 9.90. The van der Waals surface area contributed by atoms with Crippen molar-refractivity contribution in [2.75, 3.05) is 13.1 Å². The van der Waals surface area contributed by atoms with E-state index in [0.717, 1.165) is 0 Å². The quantitative estimate of drug-likeness (QED) is 0.619. The van der Waals surface area contributed by atoms with Crippen molar-refractivity contribution in [1.29, 1.82) is 0 Å². The monoisotopic (exact) mass is 445 g/mol. The minimum absolute atomic E-state index is 0.0810. The highest BCUT2D eigenvalue weighted by molar-refractivity contribution is 5.92. The van der Waals surface area contributed by atoms with Gasteiger partial charge in [-0.1, -0.05) is 25.9 Å². The zero-order valence-corrected chi connectivity index (χ0v) is 18.4. The van der Waals surface area contributed by atoms with Crippen molar-refractivity contribution in [2.45, 2.75) is 45.1 Å². The van der Waals surface area contributed by atoms with Gasteiger partial charge >= 0.3 is 5.69 Å². The van der Waals surface area contributed by atoms with Crippen LogP contribution in [-0.2, 0) is 19.0 Å². The van der Waals surface area contributed by atoms with Gasteiger partial charge in [0.2, 0.25) is 0 Å². The number of pyridine rings is 1. The molecule has 10 heteroatoms. The first kappa shape index (κ1) is 20.8. The van der Waals surface area contributed by atoms with E-state index in [1.807, 2.05) is 20.8 Å². The summed E-state index contributed by atoms with van der Waals surface area (Å²) < 4.78 is 38.0. The Morgan fingerprint density at radius 3 is 2.66 bits per heavy atom. The fourth-order valence-electron chi connectivity index (χ4n) is 5.06. The third kappa shape index (κ3) is 2.77. The van der Waals surface area contributed by atoms with Gasteiger partial charge in [-0.05, 0) is 24.0 Å². The van der Waals surface area contributed by atoms with Crippen LogP contribution >= 0.6 is 0 Å². The molecule has 2 aliphatic rings. The SMILES string of the molecule is Cn1c(=O)n(CC(C)(C)C)c2ccc(C34CCN(C(=O)c5ccon5)CC3C4(F)F)nc21. The van der Waals surface area contributed by atoms with E-state index in [-0.39, 0.29) is 42.0 Å². The number of rotatable bonds is 3. The zero-order chi connectivity index (χ0) is 23.1. The second-order valence-corrected chi connectivity index (χ2v) is 10.1. The number of carbonyl (C=O) groups is 1. The van der Waals surface area contributed by atoms with Gasteiger partial charge in [0.05, 0.1) is 22.5 Å². The summed E-state index contributed by atoms with van der Waals surface area (Å²) in [6, 6.07) is 4.76. The minimum Gasteiger partial charge on any atom is -0.364 e. The molecule has 8 nitrogen and oxygen atoms in total. The fourth-order valence-corrected chi connectivity index (χ4v) is 5.06. The molecule has 0 spiro atoms. The third-order valence-corrected chi connectivity index (χ3v) is 6.74. The van der Waals surface area contributed by atoms with Crippen LogP contribution in [0.3, 0.4) is 0 Å². The van der Waals surface area contributed by atoms with E-state index >= 15 is 8.78 Å². The van der Waals surface area contributed by atoms with Crippen LogP contribution in [0, 0.1) is 11.3 Å². The predicted molar refractivity (Wildman–Crippen MR) is 112 cm³/mol. The Morgan fingerprint density at radius 2 is 2.03 bits per heavy atom. The number of piperidine rings is 1. The Kier molecular flexibility index (Phi) is 4.23. The summed E-state index contributed by atoms with van der Waals surface area (Å²) in [4.78, 5) is 31.3. The number of hydrogen-bond donors (Lipinski definition) is 0. The number of fused-ring (bicyclic) bond motifs is 2. The first-order valence-corrected chi connectivity index (χ1v) is 10.6. The largest absolute Gasteiger partial charge is 0.364 e. The molecule has 1 aliphatic heterocycles. The molecule has 4 heterocycles. The molecule has 2 fully saturated rings. The zero-order valence-electron chi connectivity index (χ0n) is 18.4. The van der Waals surface area contributed by atoms with Crippen molar-refractivity contribution in [1.82, 2.24) is 24.2 Å². The number of amides is 1. The number of likely N-dealkylation sites (tertiary alicyclic amines) is 1. The van der Waals surface area contributed by atoms with Crippen LogP contribution in [0.5, 0.6) is 0 Å². The molecule has 1 saturated carbocycles. The molecule has 1 amide bonds. The first-order valence-electron chi connectivity index (χ1n) is 10.6. The molecule has 5 rings (SSSR count). The van der Waals surface area contributed by atoms with Gasteiger partial charge in [0.15, 0.2) is 11.3 Å². The van der Waals surface area contributed by atoms with Crippen molar-refractivity contribution in [3.05, 3.63) is 46.3 Å². The predicted octanol–water partition coefficient (Wildman–Crippen LogP) is 2.82. The summed E-state index contributed by atoms with van der Waals surface area (Å²) >= 11 is 0. The van der Waals surface area contributed by atoms with Gasteiger partial charge in [0, 0.05) is 32.7 Å². The summed E-state index contributed by atoms with van der Waals surface area (Å²) in [5.74, 6) is -4.43. The molecule has 0 bridgehead atoms. The summed E-state index contributed by atoms with van der Waals surface area (Å²) in [5.41, 5.74) is -0.366. The number of halogens is 2. The normalized spacial score (nSPS) is 24.6. The van der Waals surface area contributed by atoms with E-state index in [9.17, 15) is 9.59 Å². The number of carbonyl (C=O) groups excluding carboxylic acids is 1. The smallest absolute Gasteiger partial charge is 0.330 e. The van der Waals surface area contributed by atoms with E-state index in [1.54, 1.807) is 23.7 Å². The molecular formula is C22H25F2N5O3. The van der Waals surface area contributed by atoms with Crippen molar-refractivity contribution in [3.63, 3.8) is 0 Å². The van der Waals surface area contributed by atoms with Gasteiger partial charge in [-0.2, -0.15) is 0 Å². The van der Waals surface area contributed by atoms with E-state index in [2.05, 4.69) is 10.1 Å². The number of alkyl halides is 2. The third-order valence-electron chi connectivity index (χ3n) is 6.74. The molecule has 1 aliphatic carbocycles. The molecule has 170 valence electrons. The molecule has 32 heavy (non-hydrogen) atoms. The average molecular weight is 445 g/mol. The Balaban J connectivity index is 1.50. The Hall–Kier alpha value is -3.04. The summed E-state index contributed by atoms with van der Waals surface area (Å²) in [5, 5.41) is 3.62. The molecular weight excluding hydrogens is 420 g/mol. The van der Waals surface area contributed by atoms with Gasteiger partial charge in [-0.25, -0.2) is 18.6 Å². The first-order chi connectivity index (χ1) is 15.0. The highest BCUT2D eigenvalue weighted by atomic mass is 19.3. The molecule has 3 aromatic rings. The maximum Gasteiger partial charge on any atom is 0.330 e. The van der Waals surface area contributed by atoms with Crippen LogP contribution in [0.15, 0.2) is 33.8 Å². The van der Waals surface area contributed by atoms with Crippen molar-refractivity contribution >= 4 is 17.1 Å². The van der Waals surface area contributed by atoms with E-state index < -0.39 is 23.2 Å². The molecule has 0 aromatic carbocycles. The number of nitrogens with zero attached hydrogens (tertiary/aromatic N) is 5. The standard InChI is InChI=1S/C22H25F2N5O3/c1-20(2,3)12-29-14-5-6-16(25-17(14)27(4)19(29)31)21-8-9-28(11-15(21)22(21,23)24)18(30)13-7-10-32-26-13/h5-7,10,15H,8-9,11-12H2,1-4H3. The van der Waals surface area contributed by atoms with Gasteiger partial charge in [-0.15, -0.1) is 0 Å². The fraction of sp³-hybridized carbons (Fsp3) is 0.545. The molecule has 2 unspecified atom stereocenters. The van der Waals surface area contributed by atoms with E-state index in [4.69, 9.17) is 4.52 Å². The van der Waals surface area contributed by atoms with Crippen LogP contribution in [0.4, 0.5) is 8.78 Å². The van der Waals surface area contributed by atoms with Gasteiger partial charge in [0.25, 0.3) is 11.8 Å². The lowest BCUT2D eigenvalue weighted by Gasteiger charge is -2.29. The Bertz CT molecular complexity index is 1270. The van der Waals surface area contributed by atoms with Crippen LogP contribution in [0.25, 0.3) is 11.2 Å². The second-order valence-electron chi connectivity index (χ2n) is 10.1. The average Bonchev–Trinajstić information content (AvgIpc) is 3.11. The molecule has 0 N–H and O–H groups in total. The summed E-state index contributed by atoms with van der Waals surface area (Å²) in [6.07, 6.45) is 1.37. The highest BCUT2D eigenvalue weighted by Gasteiger charge is 2.82. The topological polar surface area (TPSA) is 86.2 Å². The van der Waals surface area contributed by atoms with Crippen molar-refractivity contribution in [2.24, 2.45) is 18.4 Å². The van der Waals surface area contributed by atoms with Gasteiger partial charge in [0.1, 0.15) is 6.26 Å². The Labute approximate surface area is 182 Å². The van der Waals surface area contributed by atoms with E-state index in [0.29, 0.717) is 17.7 Å². The van der Waals surface area contributed by atoms with E-state index in [1.165, 1.54) is 21.8 Å². The summed E-state index contributed by atoms with van der Waals surface area (Å²) in [6.45, 7) is 6.67. The van der Waals surface area contributed by atoms with Gasteiger partial charge < -0.3 is 9.42 Å². The van der Waals surface area contributed by atoms with Gasteiger partial charge in [-0.3, -0.25) is 13.9 Å². The number of aryl methyl sites for hydroxylation is 1. The minimum atomic E-state index is -2.99. The van der Waals surface area contributed by atoms with Crippen molar-refractivity contribution in [3.8, 4) is 0 Å². The van der Waals surface area contributed by atoms with Crippen molar-refractivity contribution < 1.29 is 18.1 Å². The molecule has 1 saturated heterocycles. The number of aromatic nitrogens is 4. The highest BCUT2D eigenvalue weighted by Crippen LogP contribution is 2.69. The number of imidazole rings is 1. The van der Waals surface area contributed by atoms with Crippen LogP contribution in [0.2, 0.25) is 0 Å². The lowest BCUT2D eigenvalue weighted by Crippen LogP contribution is -2.40. The number of hydrogen-bond acceptors (Lipinski definition) is 5. The molecule has 0 radical (unpaired) electrons. The summed E-state index contributed by atoms with van der Waals surface area (Å²) in [7, 11) is 1.61.